The van der Waals surface area contributed by atoms with Gasteiger partial charge in [0.25, 0.3) is 0 Å². The zero-order chi connectivity index (χ0) is 14.4. The first kappa shape index (κ1) is 15.1. The summed E-state index contributed by atoms with van der Waals surface area (Å²) in [4.78, 5) is 23.4. The minimum absolute atomic E-state index is 0.107. The van der Waals surface area contributed by atoms with Crippen LogP contribution in [0.4, 0.5) is 4.39 Å². The van der Waals surface area contributed by atoms with Crippen LogP contribution in [0, 0.1) is 5.82 Å². The molecule has 1 rings (SSSR count). The Morgan fingerprint density at radius 1 is 1.11 bits per heavy atom. The van der Waals surface area contributed by atoms with E-state index in [1.54, 1.807) is 6.07 Å². The van der Waals surface area contributed by atoms with Gasteiger partial charge in [0.05, 0.1) is 13.1 Å². The van der Waals surface area contributed by atoms with Crippen molar-refractivity contribution in [1.29, 1.82) is 0 Å². The highest BCUT2D eigenvalue weighted by atomic mass is 19.1. The van der Waals surface area contributed by atoms with E-state index in [1.807, 2.05) is 0 Å². The molecule has 0 atom stereocenters. The molecule has 0 radical (unpaired) electrons. The number of rotatable bonds is 7. The number of hydrogen-bond acceptors (Lipinski definition) is 4. The van der Waals surface area contributed by atoms with Crippen molar-refractivity contribution in [3.05, 3.63) is 35.1 Å². The number of hydrogen-bond donors (Lipinski definition) is 3. The lowest BCUT2D eigenvalue weighted by Gasteiger charge is -2.20. The van der Waals surface area contributed by atoms with Crippen molar-refractivity contribution in [3.8, 4) is 0 Å². The Balaban J connectivity index is 2.88. The van der Waals surface area contributed by atoms with Gasteiger partial charge in [-0.15, -0.1) is 0 Å². The zero-order valence-corrected chi connectivity index (χ0v) is 10.4. The molecule has 2 amide bonds. The number of carbonyl (C=O) groups excluding carboxylic acids is 2. The Morgan fingerprint density at radius 3 is 2.16 bits per heavy atom. The van der Waals surface area contributed by atoms with Crippen molar-refractivity contribution in [3.63, 3.8) is 0 Å². The quantitative estimate of drug-likeness (QED) is 0.591. The van der Waals surface area contributed by atoms with Crippen LogP contribution >= 0.6 is 0 Å². The highest BCUT2D eigenvalue weighted by Gasteiger charge is 2.14. The van der Waals surface area contributed by atoms with Gasteiger partial charge in [0.15, 0.2) is 0 Å². The lowest BCUT2D eigenvalue weighted by molar-refractivity contribution is -0.122. The van der Waals surface area contributed by atoms with Crippen molar-refractivity contribution < 1.29 is 14.0 Å². The van der Waals surface area contributed by atoms with E-state index in [2.05, 4.69) is 0 Å². The molecule has 0 unspecified atom stereocenters. The molecule has 0 aliphatic heterocycles. The molecule has 0 fully saturated rings. The van der Waals surface area contributed by atoms with E-state index < -0.39 is 11.8 Å². The molecular weight excluding hydrogens is 251 g/mol. The number of nitrogens with zero attached hydrogens (tertiary/aromatic N) is 1. The zero-order valence-electron chi connectivity index (χ0n) is 10.4. The molecule has 0 spiro atoms. The van der Waals surface area contributed by atoms with Crippen LogP contribution in [-0.2, 0) is 22.7 Å². The minimum atomic E-state index is -0.572. The van der Waals surface area contributed by atoms with Gasteiger partial charge in [0, 0.05) is 13.1 Å². The maximum atomic E-state index is 13.1. The van der Waals surface area contributed by atoms with Gasteiger partial charge in [-0.1, -0.05) is 6.07 Å². The summed E-state index contributed by atoms with van der Waals surface area (Å²) in [7, 11) is 0. The van der Waals surface area contributed by atoms with Crippen LogP contribution in [0.15, 0.2) is 18.2 Å². The highest BCUT2D eigenvalue weighted by molar-refractivity contribution is 5.79. The number of halogens is 1. The van der Waals surface area contributed by atoms with Crippen molar-refractivity contribution in [1.82, 2.24) is 4.90 Å². The molecular formula is C12H17FN4O2. The maximum absolute atomic E-state index is 13.1. The molecule has 0 heterocycles. The number of amides is 2. The first-order chi connectivity index (χ1) is 8.92. The number of benzene rings is 1. The van der Waals surface area contributed by atoms with Crippen molar-refractivity contribution in [2.24, 2.45) is 17.2 Å². The van der Waals surface area contributed by atoms with Gasteiger partial charge in [-0.2, -0.15) is 0 Å². The second kappa shape index (κ2) is 6.81. The molecule has 6 N–H and O–H groups in total. The molecule has 6 nitrogen and oxygen atoms in total. The van der Waals surface area contributed by atoms with Gasteiger partial charge in [-0.3, -0.25) is 14.5 Å². The average Bonchev–Trinajstić information content (AvgIpc) is 2.29. The summed E-state index contributed by atoms with van der Waals surface area (Å²) in [6.45, 7) is 0.196. The van der Waals surface area contributed by atoms with Crippen LogP contribution < -0.4 is 17.2 Å². The molecule has 1 aromatic carbocycles. The summed E-state index contributed by atoms with van der Waals surface area (Å²) in [5.41, 5.74) is 17.1. The molecule has 0 aliphatic carbocycles. The van der Waals surface area contributed by atoms with Crippen LogP contribution in [0.5, 0.6) is 0 Å². The lowest BCUT2D eigenvalue weighted by atomic mass is 10.1. The van der Waals surface area contributed by atoms with E-state index in [-0.39, 0.29) is 32.0 Å². The number of carbonyl (C=O) groups is 2. The van der Waals surface area contributed by atoms with E-state index in [0.29, 0.717) is 5.56 Å². The summed E-state index contributed by atoms with van der Waals surface area (Å²) in [6.07, 6.45) is 0. The largest absolute Gasteiger partial charge is 0.369 e. The number of primary amides is 2. The van der Waals surface area contributed by atoms with Crippen LogP contribution in [0.25, 0.3) is 0 Å². The van der Waals surface area contributed by atoms with Crippen molar-refractivity contribution >= 4 is 11.8 Å². The standard InChI is InChI=1S/C12H17FN4O2/c13-10-2-1-8(9(3-10)4-14)5-17(6-11(15)18)7-12(16)19/h1-3H,4-7,14H2,(H2,15,18)(H2,16,19). The SMILES string of the molecule is NCc1cc(F)ccc1CN(CC(N)=O)CC(N)=O. The number of nitrogens with two attached hydrogens (primary N) is 3. The summed E-state index contributed by atoms with van der Waals surface area (Å²) in [5, 5.41) is 0. The van der Waals surface area contributed by atoms with Crippen molar-refractivity contribution in [2.45, 2.75) is 13.1 Å². The summed E-state index contributed by atoms with van der Waals surface area (Å²) in [5.74, 6) is -1.53. The fourth-order valence-corrected chi connectivity index (χ4v) is 1.79. The molecule has 7 heteroatoms. The van der Waals surface area contributed by atoms with Crippen LogP contribution in [0.2, 0.25) is 0 Å². The Hall–Kier alpha value is -1.99. The maximum Gasteiger partial charge on any atom is 0.231 e. The lowest BCUT2D eigenvalue weighted by Crippen LogP contribution is -2.39. The van der Waals surface area contributed by atoms with Crippen molar-refractivity contribution in [2.75, 3.05) is 13.1 Å². The first-order valence-corrected chi connectivity index (χ1v) is 5.68. The predicted octanol–water partition coefficient (Wildman–Crippen LogP) is -0.943. The van der Waals surface area contributed by atoms with Gasteiger partial charge < -0.3 is 17.2 Å². The Kier molecular flexibility index (Phi) is 5.40. The van der Waals surface area contributed by atoms with E-state index in [9.17, 15) is 14.0 Å². The molecule has 0 aliphatic rings. The third kappa shape index (κ3) is 5.02. The summed E-state index contributed by atoms with van der Waals surface area (Å²) >= 11 is 0. The molecule has 1 aromatic rings. The topological polar surface area (TPSA) is 115 Å². The third-order valence-corrected chi connectivity index (χ3v) is 2.54. The predicted molar refractivity (Wildman–Crippen MR) is 68.0 cm³/mol. The molecule has 0 saturated heterocycles. The monoisotopic (exact) mass is 268 g/mol. The van der Waals surface area contributed by atoms with E-state index in [0.717, 1.165) is 5.56 Å². The minimum Gasteiger partial charge on any atom is -0.369 e. The van der Waals surface area contributed by atoms with E-state index >= 15 is 0 Å². The molecule has 0 aromatic heterocycles. The summed E-state index contributed by atoms with van der Waals surface area (Å²) in [6, 6.07) is 4.18. The van der Waals surface area contributed by atoms with Crippen LogP contribution in [-0.4, -0.2) is 29.8 Å². The normalized spacial score (nSPS) is 10.7. The smallest absolute Gasteiger partial charge is 0.231 e. The fraction of sp³-hybridized carbons (Fsp3) is 0.333. The average molecular weight is 268 g/mol. The Labute approximate surface area is 110 Å². The second-order valence-electron chi connectivity index (χ2n) is 4.19. The third-order valence-electron chi connectivity index (χ3n) is 2.54. The van der Waals surface area contributed by atoms with Gasteiger partial charge in [0.1, 0.15) is 5.82 Å². The van der Waals surface area contributed by atoms with E-state index in [4.69, 9.17) is 17.2 Å². The van der Waals surface area contributed by atoms with Gasteiger partial charge in [0.2, 0.25) is 11.8 Å². The van der Waals surface area contributed by atoms with Gasteiger partial charge >= 0.3 is 0 Å². The van der Waals surface area contributed by atoms with E-state index in [1.165, 1.54) is 17.0 Å². The first-order valence-electron chi connectivity index (χ1n) is 5.68. The van der Waals surface area contributed by atoms with Gasteiger partial charge in [-0.25, -0.2) is 4.39 Å². The fourth-order valence-electron chi connectivity index (χ4n) is 1.79. The second-order valence-corrected chi connectivity index (χ2v) is 4.19. The molecule has 104 valence electrons. The Bertz CT molecular complexity index is 463. The van der Waals surface area contributed by atoms with Crippen LogP contribution in [0.3, 0.4) is 0 Å². The van der Waals surface area contributed by atoms with Crippen LogP contribution in [0.1, 0.15) is 11.1 Å². The Morgan fingerprint density at radius 2 is 1.68 bits per heavy atom. The highest BCUT2D eigenvalue weighted by Crippen LogP contribution is 2.13. The molecule has 0 saturated carbocycles. The molecule has 0 bridgehead atoms. The molecule has 19 heavy (non-hydrogen) atoms. The van der Waals surface area contributed by atoms with Gasteiger partial charge in [-0.05, 0) is 23.3 Å². The summed E-state index contributed by atoms with van der Waals surface area (Å²) < 4.78 is 13.1.